The maximum atomic E-state index is 4.60. The van der Waals surface area contributed by atoms with E-state index in [2.05, 4.69) is 69.3 Å². The van der Waals surface area contributed by atoms with Gasteiger partial charge >= 0.3 is 0 Å². The third-order valence-electron chi connectivity index (χ3n) is 3.05. The van der Waals surface area contributed by atoms with Crippen LogP contribution < -0.4 is 0 Å². The van der Waals surface area contributed by atoms with Crippen molar-refractivity contribution in [3.05, 3.63) is 35.9 Å². The molecule has 0 radical (unpaired) electrons. The van der Waals surface area contributed by atoms with E-state index in [-0.39, 0.29) is 10.8 Å². The van der Waals surface area contributed by atoms with Crippen LogP contribution >= 0.6 is 0 Å². The van der Waals surface area contributed by atoms with Gasteiger partial charge in [0.1, 0.15) is 5.82 Å². The molecule has 2 heterocycles. The monoisotopic (exact) mass is 230 g/mol. The summed E-state index contributed by atoms with van der Waals surface area (Å²) in [5.74, 6) is 1.12. The number of rotatable bonds is 0. The number of hydrogen-bond donors (Lipinski definition) is 0. The average molecular weight is 230 g/mol. The normalized spacial score (nSPS) is 13.3. The minimum Gasteiger partial charge on any atom is -0.303 e. The topological polar surface area (TPSA) is 17.3 Å². The van der Waals surface area contributed by atoms with Crippen LogP contribution in [0.5, 0.6) is 0 Å². The maximum absolute atomic E-state index is 4.60. The van der Waals surface area contributed by atoms with E-state index in [0.717, 1.165) is 5.82 Å². The largest absolute Gasteiger partial charge is 0.303 e. The van der Waals surface area contributed by atoms with Gasteiger partial charge in [-0.2, -0.15) is 0 Å². The summed E-state index contributed by atoms with van der Waals surface area (Å²) in [6.45, 7) is 13.3. The van der Waals surface area contributed by atoms with E-state index in [1.54, 1.807) is 0 Å². The lowest BCUT2D eigenvalue weighted by Gasteiger charge is -2.22. The summed E-state index contributed by atoms with van der Waals surface area (Å²) < 4.78 is 2.22. The van der Waals surface area contributed by atoms with Crippen LogP contribution in [0.4, 0.5) is 0 Å². The van der Waals surface area contributed by atoms with E-state index >= 15 is 0 Å². The Balaban J connectivity index is 2.74. The fraction of sp³-hybridized carbons (Fsp3) is 0.533. The minimum atomic E-state index is 0.0723. The Morgan fingerprint density at radius 1 is 1.00 bits per heavy atom. The van der Waals surface area contributed by atoms with Crippen LogP contribution in [-0.2, 0) is 10.8 Å². The van der Waals surface area contributed by atoms with Gasteiger partial charge in [0, 0.05) is 11.6 Å². The predicted octanol–water partition coefficient (Wildman–Crippen LogP) is 3.93. The number of hydrogen-bond acceptors (Lipinski definition) is 1. The van der Waals surface area contributed by atoms with Crippen LogP contribution in [-0.4, -0.2) is 9.38 Å². The zero-order chi connectivity index (χ0) is 12.8. The summed E-state index contributed by atoms with van der Waals surface area (Å²) >= 11 is 0. The van der Waals surface area contributed by atoms with Crippen LogP contribution in [0.2, 0.25) is 0 Å². The highest BCUT2D eigenvalue weighted by molar-refractivity contribution is 5.57. The molecule has 0 unspecified atom stereocenters. The molecule has 0 aliphatic heterocycles. The summed E-state index contributed by atoms with van der Waals surface area (Å²) in [4.78, 5) is 4.60. The molecule has 2 aromatic heterocycles. The van der Waals surface area contributed by atoms with Gasteiger partial charge in [0.25, 0.3) is 0 Å². The van der Waals surface area contributed by atoms with Gasteiger partial charge in [-0.25, -0.2) is 4.98 Å². The molecule has 2 rings (SSSR count). The fourth-order valence-electron chi connectivity index (χ4n) is 2.21. The first-order chi connectivity index (χ1) is 7.71. The van der Waals surface area contributed by atoms with Gasteiger partial charge in [-0.05, 0) is 17.0 Å². The van der Waals surface area contributed by atoms with Crippen LogP contribution in [0, 0.1) is 0 Å². The molecule has 0 aliphatic rings. The lowest BCUT2D eigenvalue weighted by molar-refractivity contribution is 0.541. The fourth-order valence-corrected chi connectivity index (χ4v) is 2.21. The molecule has 0 saturated carbocycles. The highest BCUT2D eigenvalue weighted by Gasteiger charge is 2.23. The molecule has 17 heavy (non-hydrogen) atoms. The van der Waals surface area contributed by atoms with Crippen molar-refractivity contribution in [2.75, 3.05) is 0 Å². The van der Waals surface area contributed by atoms with Crippen molar-refractivity contribution in [2.45, 2.75) is 52.4 Å². The van der Waals surface area contributed by atoms with Gasteiger partial charge < -0.3 is 4.40 Å². The van der Waals surface area contributed by atoms with Gasteiger partial charge in [0.05, 0.1) is 11.7 Å². The molecule has 2 heteroatoms. The molecule has 0 fully saturated rings. The Bertz CT molecular complexity index is 536. The molecule has 2 nitrogen and oxygen atoms in total. The van der Waals surface area contributed by atoms with E-state index in [1.807, 2.05) is 6.20 Å². The molecular weight excluding hydrogens is 208 g/mol. The lowest BCUT2D eigenvalue weighted by Crippen LogP contribution is -2.17. The quantitative estimate of drug-likeness (QED) is 0.670. The molecular formula is C15H22N2. The molecule has 0 bridgehead atoms. The van der Waals surface area contributed by atoms with E-state index < -0.39 is 0 Å². The van der Waals surface area contributed by atoms with Crippen molar-refractivity contribution < 1.29 is 0 Å². The second-order valence-electron chi connectivity index (χ2n) is 6.76. The zero-order valence-corrected chi connectivity index (χ0v) is 11.7. The molecule has 0 spiro atoms. The molecule has 0 amide bonds. The summed E-state index contributed by atoms with van der Waals surface area (Å²) in [5.41, 5.74) is 2.80. The lowest BCUT2D eigenvalue weighted by atomic mass is 9.87. The van der Waals surface area contributed by atoms with E-state index in [0.29, 0.717) is 0 Å². The van der Waals surface area contributed by atoms with Gasteiger partial charge in [-0.1, -0.05) is 47.6 Å². The van der Waals surface area contributed by atoms with E-state index in [4.69, 9.17) is 0 Å². The summed E-state index contributed by atoms with van der Waals surface area (Å²) in [6, 6.07) is 4.31. The third-order valence-corrected chi connectivity index (χ3v) is 3.05. The van der Waals surface area contributed by atoms with Crippen LogP contribution in [0.25, 0.3) is 5.52 Å². The van der Waals surface area contributed by atoms with Crippen LogP contribution in [0.3, 0.4) is 0 Å². The van der Waals surface area contributed by atoms with Crippen molar-refractivity contribution in [3.63, 3.8) is 0 Å². The van der Waals surface area contributed by atoms with Gasteiger partial charge in [-0.3, -0.25) is 0 Å². The van der Waals surface area contributed by atoms with Gasteiger partial charge in [0.15, 0.2) is 0 Å². The summed E-state index contributed by atoms with van der Waals surface area (Å²) in [7, 11) is 0. The molecule has 0 atom stereocenters. The Kier molecular flexibility index (Phi) is 2.57. The number of imidazole rings is 1. The summed E-state index contributed by atoms with van der Waals surface area (Å²) in [6.07, 6.45) is 4.11. The molecule has 0 saturated heterocycles. The average Bonchev–Trinajstić information content (AvgIpc) is 2.57. The van der Waals surface area contributed by atoms with Crippen molar-refractivity contribution in [2.24, 2.45) is 0 Å². The molecule has 92 valence electrons. The Hall–Kier alpha value is -1.31. The van der Waals surface area contributed by atoms with Crippen LogP contribution in [0.1, 0.15) is 52.9 Å². The minimum absolute atomic E-state index is 0.0723. The first-order valence-corrected chi connectivity index (χ1v) is 6.18. The second kappa shape index (κ2) is 3.59. The van der Waals surface area contributed by atoms with Crippen LogP contribution in [0.15, 0.2) is 24.5 Å². The zero-order valence-electron chi connectivity index (χ0n) is 11.7. The molecule has 0 aliphatic carbocycles. The van der Waals surface area contributed by atoms with Crippen molar-refractivity contribution >= 4 is 5.52 Å². The smallest absolute Gasteiger partial charge is 0.118 e. The Morgan fingerprint density at radius 2 is 1.65 bits per heavy atom. The molecule has 2 aromatic rings. The molecule has 0 aromatic carbocycles. The second-order valence-corrected chi connectivity index (χ2v) is 6.76. The molecule has 0 N–H and O–H groups in total. The van der Waals surface area contributed by atoms with Crippen molar-refractivity contribution in [1.82, 2.24) is 9.38 Å². The number of pyridine rings is 1. The standard InChI is InChI=1S/C15H22N2/c1-14(2,3)11-8-7-9-17-12(11)10-16-13(17)15(4,5)6/h7-10H,1-6H3. The number of aromatic nitrogens is 2. The third kappa shape index (κ3) is 2.08. The Morgan fingerprint density at radius 3 is 2.18 bits per heavy atom. The highest BCUT2D eigenvalue weighted by atomic mass is 15.0. The van der Waals surface area contributed by atoms with Crippen molar-refractivity contribution in [3.8, 4) is 0 Å². The summed E-state index contributed by atoms with van der Waals surface area (Å²) in [5, 5.41) is 0. The van der Waals surface area contributed by atoms with Gasteiger partial charge in [-0.15, -0.1) is 0 Å². The Labute approximate surface area is 104 Å². The van der Waals surface area contributed by atoms with Gasteiger partial charge in [0.2, 0.25) is 0 Å². The maximum Gasteiger partial charge on any atom is 0.118 e. The first-order valence-electron chi connectivity index (χ1n) is 6.18. The highest BCUT2D eigenvalue weighted by Crippen LogP contribution is 2.29. The van der Waals surface area contributed by atoms with E-state index in [1.165, 1.54) is 11.1 Å². The first kappa shape index (κ1) is 12.2. The predicted molar refractivity (Wildman–Crippen MR) is 72.6 cm³/mol. The van der Waals surface area contributed by atoms with E-state index in [9.17, 15) is 0 Å². The van der Waals surface area contributed by atoms with Crippen molar-refractivity contribution in [1.29, 1.82) is 0 Å². The number of nitrogens with zero attached hydrogens (tertiary/aromatic N) is 2. The number of fused-ring (bicyclic) bond motifs is 1. The SMILES string of the molecule is CC(C)(C)c1cccn2c(C(C)(C)C)ncc12.